The van der Waals surface area contributed by atoms with Gasteiger partial charge in [0, 0.05) is 12.7 Å². The first kappa shape index (κ1) is 24.8. The first-order valence-electron chi connectivity index (χ1n) is 8.91. The van der Waals surface area contributed by atoms with E-state index in [9.17, 15) is 9.18 Å². The van der Waals surface area contributed by atoms with Gasteiger partial charge in [-0.3, -0.25) is 10.0 Å². The molecule has 1 aromatic heterocycles. The molecule has 0 radical (unpaired) electrons. The van der Waals surface area contributed by atoms with Gasteiger partial charge in [0.2, 0.25) is 0 Å². The number of amides is 1. The number of nitrogens with one attached hydrogen (secondary N) is 3. The minimum atomic E-state index is -1.19. The summed E-state index contributed by atoms with van der Waals surface area (Å²) < 4.78 is 13.5. The lowest BCUT2D eigenvalue weighted by Gasteiger charge is -2.39. The summed E-state index contributed by atoms with van der Waals surface area (Å²) >= 11 is 0. The van der Waals surface area contributed by atoms with Crippen LogP contribution in [0.25, 0.3) is 6.08 Å². The Morgan fingerprint density at radius 1 is 1.24 bits per heavy atom. The number of carbonyl (C=O) groups is 1. The number of aromatic nitrogens is 1. The number of rotatable bonds is 6. The molecule has 1 saturated heterocycles. The van der Waals surface area contributed by atoms with Gasteiger partial charge >= 0.3 is 5.91 Å². The molecule has 0 unspecified atom stereocenters. The summed E-state index contributed by atoms with van der Waals surface area (Å²) in [7, 11) is 0. The molecule has 9 heteroatoms. The average molecular weight is 443 g/mol. The summed E-state index contributed by atoms with van der Waals surface area (Å²) in [5.41, 5.74) is 2.80. The van der Waals surface area contributed by atoms with Gasteiger partial charge in [-0.2, -0.15) is 0 Å². The van der Waals surface area contributed by atoms with Crippen LogP contribution in [0, 0.1) is 0 Å². The van der Waals surface area contributed by atoms with E-state index in [1.807, 2.05) is 18.2 Å². The third-order valence-electron chi connectivity index (χ3n) is 4.65. The largest absolute Gasteiger partial charge is 0.363 e. The van der Waals surface area contributed by atoms with E-state index >= 15 is 0 Å². The van der Waals surface area contributed by atoms with Gasteiger partial charge < -0.3 is 10.6 Å². The minimum absolute atomic E-state index is 0. The third kappa shape index (κ3) is 6.97. The zero-order chi connectivity index (χ0) is 19.1. The van der Waals surface area contributed by atoms with Crippen LogP contribution in [0.3, 0.4) is 0 Å². The molecular weight excluding hydrogens is 418 g/mol. The Morgan fingerprint density at radius 3 is 2.59 bits per heavy atom. The van der Waals surface area contributed by atoms with Crippen molar-refractivity contribution in [2.45, 2.75) is 24.8 Å². The van der Waals surface area contributed by atoms with Gasteiger partial charge in [-0.1, -0.05) is 30.3 Å². The summed E-state index contributed by atoms with van der Waals surface area (Å²) in [4.78, 5) is 15.4. The summed E-state index contributed by atoms with van der Waals surface area (Å²) in [6.07, 6.45) is 5.46. The SMILES string of the molecule is Cl.Cl.O=C(NO)/C(F)=C/c1ccc(N[C@@]2(Cc3ccccc3)CCCNC2)nc1. The van der Waals surface area contributed by atoms with Crippen LogP contribution in [-0.4, -0.2) is 34.7 Å². The zero-order valence-corrected chi connectivity index (χ0v) is 17.4. The van der Waals surface area contributed by atoms with Crippen molar-refractivity contribution in [1.29, 1.82) is 0 Å². The first-order chi connectivity index (χ1) is 13.1. The van der Waals surface area contributed by atoms with Crippen molar-refractivity contribution in [2.75, 3.05) is 18.4 Å². The lowest BCUT2D eigenvalue weighted by Crippen LogP contribution is -2.53. The van der Waals surface area contributed by atoms with Gasteiger partial charge in [-0.25, -0.2) is 14.9 Å². The molecule has 1 amide bonds. The van der Waals surface area contributed by atoms with Crippen molar-refractivity contribution in [2.24, 2.45) is 0 Å². The standard InChI is InChI=1S/C20H23FN4O2.2ClH/c21-17(19(26)25-27)11-16-7-8-18(23-13-16)24-20(9-4-10-22-14-20)12-15-5-2-1-3-6-15;;/h1-3,5-8,11,13,22,27H,4,9-10,12,14H2,(H,23,24)(H,25,26);2*1H/b17-11-;;/t20-;;/m1../s1. The number of piperidine rings is 1. The number of nitrogens with zero attached hydrogens (tertiary/aromatic N) is 1. The number of halogens is 3. The second-order valence-electron chi connectivity index (χ2n) is 6.76. The monoisotopic (exact) mass is 442 g/mol. The highest BCUT2D eigenvalue weighted by molar-refractivity contribution is 5.94. The van der Waals surface area contributed by atoms with E-state index < -0.39 is 11.7 Å². The zero-order valence-electron chi connectivity index (χ0n) is 15.7. The fraction of sp³-hybridized carbons (Fsp3) is 0.300. The Bertz CT molecular complexity index is 798. The molecule has 0 aliphatic carbocycles. The molecule has 158 valence electrons. The Kier molecular flexibility index (Phi) is 10.0. The molecule has 29 heavy (non-hydrogen) atoms. The van der Waals surface area contributed by atoms with E-state index in [0.29, 0.717) is 11.4 Å². The van der Waals surface area contributed by atoms with Crippen LogP contribution >= 0.6 is 24.8 Å². The van der Waals surface area contributed by atoms with E-state index in [2.05, 4.69) is 27.8 Å². The van der Waals surface area contributed by atoms with E-state index in [-0.39, 0.29) is 30.4 Å². The van der Waals surface area contributed by atoms with Crippen LogP contribution in [0.2, 0.25) is 0 Å². The van der Waals surface area contributed by atoms with Crippen molar-refractivity contribution in [1.82, 2.24) is 15.8 Å². The number of hydroxylamine groups is 1. The number of anilines is 1. The Morgan fingerprint density at radius 2 is 2.00 bits per heavy atom. The molecule has 1 aliphatic heterocycles. The van der Waals surface area contributed by atoms with Crippen molar-refractivity contribution < 1.29 is 14.4 Å². The van der Waals surface area contributed by atoms with Crippen LogP contribution in [0.5, 0.6) is 0 Å². The van der Waals surface area contributed by atoms with E-state index in [1.165, 1.54) is 17.2 Å². The average Bonchev–Trinajstić information content (AvgIpc) is 2.70. The highest BCUT2D eigenvalue weighted by atomic mass is 35.5. The summed E-state index contributed by atoms with van der Waals surface area (Å²) in [6, 6.07) is 13.8. The molecule has 1 atom stereocenters. The predicted molar refractivity (Wildman–Crippen MR) is 116 cm³/mol. The normalized spacial score (nSPS) is 18.8. The molecule has 0 bridgehead atoms. The van der Waals surface area contributed by atoms with E-state index in [1.54, 1.807) is 12.1 Å². The maximum atomic E-state index is 13.5. The molecule has 4 N–H and O–H groups in total. The van der Waals surface area contributed by atoms with Crippen LogP contribution in [0.15, 0.2) is 54.5 Å². The minimum Gasteiger partial charge on any atom is -0.363 e. The maximum Gasteiger partial charge on any atom is 0.303 e. The molecule has 2 heterocycles. The number of carbonyl (C=O) groups excluding carboxylic acids is 1. The van der Waals surface area contributed by atoms with Gasteiger partial charge in [-0.05, 0) is 55.1 Å². The van der Waals surface area contributed by atoms with Crippen molar-refractivity contribution >= 4 is 42.6 Å². The lowest BCUT2D eigenvalue weighted by atomic mass is 9.84. The number of benzene rings is 1. The Labute approximate surface area is 181 Å². The van der Waals surface area contributed by atoms with Gasteiger partial charge in [0.25, 0.3) is 0 Å². The number of pyridine rings is 1. The van der Waals surface area contributed by atoms with Crippen molar-refractivity contribution in [3.05, 3.63) is 65.6 Å². The second kappa shape index (κ2) is 11.7. The summed E-state index contributed by atoms with van der Waals surface area (Å²) in [5.74, 6) is -1.58. The summed E-state index contributed by atoms with van der Waals surface area (Å²) in [6.45, 7) is 1.83. The van der Waals surface area contributed by atoms with Crippen LogP contribution < -0.4 is 16.1 Å². The van der Waals surface area contributed by atoms with Gasteiger partial charge in [0.15, 0.2) is 5.83 Å². The van der Waals surface area contributed by atoms with E-state index in [0.717, 1.165) is 38.4 Å². The Hall–Kier alpha value is -2.19. The molecule has 0 saturated carbocycles. The second-order valence-corrected chi connectivity index (χ2v) is 6.76. The molecule has 3 rings (SSSR count). The molecular formula is C20H25Cl2FN4O2. The number of hydrogen-bond acceptors (Lipinski definition) is 5. The lowest BCUT2D eigenvalue weighted by molar-refractivity contribution is -0.126. The summed E-state index contributed by atoms with van der Waals surface area (Å²) in [5, 5.41) is 15.5. The fourth-order valence-electron chi connectivity index (χ4n) is 3.36. The van der Waals surface area contributed by atoms with Crippen LogP contribution in [0.1, 0.15) is 24.0 Å². The quantitative estimate of drug-likeness (QED) is 0.312. The molecule has 1 fully saturated rings. The maximum absolute atomic E-state index is 13.5. The molecule has 6 nitrogen and oxygen atoms in total. The van der Waals surface area contributed by atoms with Crippen LogP contribution in [0.4, 0.5) is 10.2 Å². The van der Waals surface area contributed by atoms with Gasteiger partial charge in [-0.15, -0.1) is 24.8 Å². The van der Waals surface area contributed by atoms with Gasteiger partial charge in [0.05, 0.1) is 5.54 Å². The predicted octanol–water partition coefficient (Wildman–Crippen LogP) is 3.52. The first-order valence-corrected chi connectivity index (χ1v) is 8.91. The molecule has 1 aromatic carbocycles. The Balaban J connectivity index is 0.00000210. The van der Waals surface area contributed by atoms with E-state index in [4.69, 9.17) is 5.21 Å². The number of hydrogen-bond donors (Lipinski definition) is 4. The smallest absolute Gasteiger partial charge is 0.303 e. The fourth-order valence-corrected chi connectivity index (χ4v) is 3.36. The topological polar surface area (TPSA) is 86.3 Å². The van der Waals surface area contributed by atoms with Crippen molar-refractivity contribution in [3.63, 3.8) is 0 Å². The highest BCUT2D eigenvalue weighted by Gasteiger charge is 2.32. The third-order valence-corrected chi connectivity index (χ3v) is 4.65. The molecule has 2 aromatic rings. The molecule has 0 spiro atoms. The van der Waals surface area contributed by atoms with Crippen molar-refractivity contribution in [3.8, 4) is 0 Å². The molecule has 1 aliphatic rings. The van der Waals surface area contributed by atoms with Crippen LogP contribution in [-0.2, 0) is 11.2 Å². The van der Waals surface area contributed by atoms with Gasteiger partial charge in [0.1, 0.15) is 5.82 Å². The highest BCUT2D eigenvalue weighted by Crippen LogP contribution is 2.26.